The number of rotatable bonds is 7. The van der Waals surface area contributed by atoms with Crippen molar-refractivity contribution in [3.8, 4) is 5.75 Å². The first-order chi connectivity index (χ1) is 10.1. The van der Waals surface area contributed by atoms with E-state index in [-0.39, 0.29) is 17.6 Å². The van der Waals surface area contributed by atoms with Crippen LogP contribution in [0.15, 0.2) is 24.3 Å². The Kier molecular flexibility index (Phi) is 5.50. The molecule has 21 heavy (non-hydrogen) atoms. The van der Waals surface area contributed by atoms with E-state index in [0.717, 1.165) is 18.5 Å². The summed E-state index contributed by atoms with van der Waals surface area (Å²) in [6, 6.07) is 6.59. The third kappa shape index (κ3) is 4.67. The van der Waals surface area contributed by atoms with Crippen LogP contribution in [0.3, 0.4) is 0 Å². The second-order valence-corrected chi connectivity index (χ2v) is 5.13. The third-order valence-electron chi connectivity index (χ3n) is 3.53. The molecular formula is C15H19F2NO3. The van der Waals surface area contributed by atoms with Gasteiger partial charge in [-0.1, -0.05) is 12.1 Å². The first-order valence-corrected chi connectivity index (χ1v) is 6.89. The van der Waals surface area contributed by atoms with Crippen LogP contribution in [0.5, 0.6) is 5.75 Å². The molecule has 1 unspecified atom stereocenters. The summed E-state index contributed by atoms with van der Waals surface area (Å²) >= 11 is 0. The van der Waals surface area contributed by atoms with Gasteiger partial charge in [0.25, 0.3) is 0 Å². The summed E-state index contributed by atoms with van der Waals surface area (Å²) in [5.74, 6) is 0.559. The van der Waals surface area contributed by atoms with Gasteiger partial charge in [0.05, 0.1) is 6.61 Å². The van der Waals surface area contributed by atoms with E-state index in [0.29, 0.717) is 19.6 Å². The van der Waals surface area contributed by atoms with Crippen molar-refractivity contribution >= 4 is 5.91 Å². The summed E-state index contributed by atoms with van der Waals surface area (Å²) in [5.41, 5.74) is 1.02. The molecule has 1 aromatic carbocycles. The van der Waals surface area contributed by atoms with E-state index < -0.39 is 6.61 Å². The van der Waals surface area contributed by atoms with Crippen LogP contribution in [0.25, 0.3) is 0 Å². The molecule has 0 bridgehead atoms. The molecule has 1 saturated heterocycles. The van der Waals surface area contributed by atoms with Crippen molar-refractivity contribution in [1.29, 1.82) is 0 Å². The maximum Gasteiger partial charge on any atom is 0.387 e. The zero-order valence-corrected chi connectivity index (χ0v) is 11.9. The number of amides is 1. The predicted octanol–water partition coefficient (Wildman–Crippen LogP) is 2.33. The number of benzene rings is 1. The van der Waals surface area contributed by atoms with Crippen molar-refractivity contribution in [3.05, 3.63) is 29.8 Å². The molecule has 4 nitrogen and oxygen atoms in total. The van der Waals surface area contributed by atoms with Crippen LogP contribution in [0.4, 0.5) is 8.78 Å². The highest BCUT2D eigenvalue weighted by molar-refractivity contribution is 5.78. The minimum absolute atomic E-state index is 0.148. The highest BCUT2D eigenvalue weighted by atomic mass is 19.3. The van der Waals surface area contributed by atoms with Crippen LogP contribution < -0.4 is 4.74 Å². The molecule has 1 aliphatic heterocycles. The lowest BCUT2D eigenvalue weighted by Gasteiger charge is -2.16. The fourth-order valence-corrected chi connectivity index (χ4v) is 2.55. The molecule has 0 N–H and O–H groups in total. The Morgan fingerprint density at radius 1 is 1.33 bits per heavy atom. The molecule has 6 heteroatoms. The van der Waals surface area contributed by atoms with E-state index in [1.807, 2.05) is 4.90 Å². The lowest BCUT2D eigenvalue weighted by atomic mass is 9.98. The number of hydrogen-bond donors (Lipinski definition) is 0. The molecule has 0 spiro atoms. The molecule has 1 aliphatic rings. The minimum Gasteiger partial charge on any atom is -0.435 e. The Hall–Kier alpha value is -1.69. The van der Waals surface area contributed by atoms with E-state index in [9.17, 15) is 13.6 Å². The summed E-state index contributed by atoms with van der Waals surface area (Å²) in [6.45, 7) is -0.930. The molecule has 0 aromatic heterocycles. The van der Waals surface area contributed by atoms with E-state index >= 15 is 0 Å². The van der Waals surface area contributed by atoms with Gasteiger partial charge in [-0.3, -0.25) is 4.79 Å². The van der Waals surface area contributed by atoms with Gasteiger partial charge in [-0.05, 0) is 30.0 Å². The van der Waals surface area contributed by atoms with Crippen LogP contribution in [-0.4, -0.2) is 44.2 Å². The van der Waals surface area contributed by atoms with Crippen molar-refractivity contribution in [2.75, 3.05) is 26.8 Å². The zero-order valence-electron chi connectivity index (χ0n) is 11.9. The van der Waals surface area contributed by atoms with Gasteiger partial charge in [0.1, 0.15) is 5.75 Å². The molecule has 1 atom stereocenters. The van der Waals surface area contributed by atoms with Gasteiger partial charge in [0.2, 0.25) is 5.91 Å². The molecule has 116 valence electrons. The predicted molar refractivity (Wildman–Crippen MR) is 73.3 cm³/mol. The molecule has 0 aliphatic carbocycles. The largest absolute Gasteiger partial charge is 0.435 e. The fraction of sp³-hybridized carbons (Fsp3) is 0.533. The molecule has 1 amide bonds. The number of methoxy groups -OCH3 is 1. The van der Waals surface area contributed by atoms with Crippen LogP contribution in [0.2, 0.25) is 0 Å². The number of carbonyl (C=O) groups is 1. The van der Waals surface area contributed by atoms with Gasteiger partial charge < -0.3 is 14.4 Å². The summed E-state index contributed by atoms with van der Waals surface area (Å²) in [5, 5.41) is 0. The summed E-state index contributed by atoms with van der Waals surface area (Å²) in [4.78, 5) is 13.6. The summed E-state index contributed by atoms with van der Waals surface area (Å²) in [6.07, 6.45) is 1.28. The lowest BCUT2D eigenvalue weighted by molar-refractivity contribution is -0.128. The molecule has 2 rings (SSSR count). The van der Waals surface area contributed by atoms with E-state index in [1.165, 1.54) is 12.1 Å². The smallest absolute Gasteiger partial charge is 0.387 e. The summed E-state index contributed by atoms with van der Waals surface area (Å²) < 4.78 is 33.4. The van der Waals surface area contributed by atoms with Crippen molar-refractivity contribution in [3.63, 3.8) is 0 Å². The monoisotopic (exact) mass is 299 g/mol. The Labute approximate surface area is 122 Å². The molecule has 0 saturated carbocycles. The van der Waals surface area contributed by atoms with E-state index in [1.54, 1.807) is 19.2 Å². The number of carbonyl (C=O) groups excluding carboxylic acids is 1. The molecule has 0 radical (unpaired) electrons. The van der Waals surface area contributed by atoms with Crippen molar-refractivity contribution in [2.45, 2.75) is 19.5 Å². The zero-order chi connectivity index (χ0) is 15.2. The van der Waals surface area contributed by atoms with Crippen molar-refractivity contribution < 1.29 is 23.0 Å². The third-order valence-corrected chi connectivity index (χ3v) is 3.53. The van der Waals surface area contributed by atoms with Gasteiger partial charge in [-0.2, -0.15) is 8.78 Å². The van der Waals surface area contributed by atoms with Crippen LogP contribution in [-0.2, 0) is 16.0 Å². The Bertz CT molecular complexity index is 464. The average Bonchev–Trinajstić information content (AvgIpc) is 2.78. The van der Waals surface area contributed by atoms with Gasteiger partial charge in [0.15, 0.2) is 0 Å². The van der Waals surface area contributed by atoms with E-state index in [2.05, 4.69) is 4.74 Å². The first-order valence-electron chi connectivity index (χ1n) is 6.89. The van der Waals surface area contributed by atoms with Crippen molar-refractivity contribution in [2.24, 2.45) is 5.92 Å². The molecule has 1 aromatic rings. The second-order valence-electron chi connectivity index (χ2n) is 5.13. The number of alkyl halides is 2. The number of likely N-dealkylation sites (tertiary alicyclic amines) is 1. The Morgan fingerprint density at radius 3 is 2.67 bits per heavy atom. The quantitative estimate of drug-likeness (QED) is 0.775. The highest BCUT2D eigenvalue weighted by Crippen LogP contribution is 2.23. The standard InChI is InChI=1S/C15H19F2NO3/c1-20-7-6-18-10-12(9-14(18)19)8-11-2-4-13(5-3-11)21-15(16)17/h2-5,12,15H,6-10H2,1H3. The number of nitrogens with zero attached hydrogens (tertiary/aromatic N) is 1. The normalized spacial score (nSPS) is 18.6. The SMILES string of the molecule is COCCN1CC(Cc2ccc(OC(F)F)cc2)CC1=O. The second kappa shape index (κ2) is 7.36. The minimum atomic E-state index is -2.81. The molecule has 1 fully saturated rings. The van der Waals surface area contributed by atoms with Gasteiger partial charge in [-0.15, -0.1) is 0 Å². The number of ether oxygens (including phenoxy) is 2. The Balaban J connectivity index is 1.86. The average molecular weight is 299 g/mol. The van der Waals surface area contributed by atoms with Gasteiger partial charge >= 0.3 is 6.61 Å². The maximum atomic E-state index is 12.1. The fourth-order valence-electron chi connectivity index (χ4n) is 2.55. The van der Waals surface area contributed by atoms with Gasteiger partial charge in [-0.25, -0.2) is 0 Å². The Morgan fingerprint density at radius 2 is 2.05 bits per heavy atom. The summed E-state index contributed by atoms with van der Waals surface area (Å²) in [7, 11) is 1.61. The number of hydrogen-bond acceptors (Lipinski definition) is 3. The maximum absolute atomic E-state index is 12.1. The lowest BCUT2D eigenvalue weighted by Crippen LogP contribution is -2.28. The number of halogens is 2. The van der Waals surface area contributed by atoms with Crippen LogP contribution in [0.1, 0.15) is 12.0 Å². The topological polar surface area (TPSA) is 38.8 Å². The van der Waals surface area contributed by atoms with E-state index in [4.69, 9.17) is 4.74 Å². The molecular weight excluding hydrogens is 280 g/mol. The van der Waals surface area contributed by atoms with Crippen LogP contribution >= 0.6 is 0 Å². The highest BCUT2D eigenvalue weighted by Gasteiger charge is 2.29. The van der Waals surface area contributed by atoms with Gasteiger partial charge in [0, 0.05) is 26.6 Å². The van der Waals surface area contributed by atoms with Crippen molar-refractivity contribution in [1.82, 2.24) is 4.90 Å². The molecule has 1 heterocycles. The van der Waals surface area contributed by atoms with Crippen LogP contribution in [0, 0.1) is 5.92 Å². The first kappa shape index (κ1) is 15.7.